The summed E-state index contributed by atoms with van der Waals surface area (Å²) in [6.07, 6.45) is 0. The first-order valence-electron chi connectivity index (χ1n) is 9.59. The van der Waals surface area contributed by atoms with E-state index < -0.39 is 0 Å². The van der Waals surface area contributed by atoms with E-state index in [0.717, 1.165) is 22.5 Å². The van der Waals surface area contributed by atoms with Crippen LogP contribution in [-0.4, -0.2) is 25.4 Å². The van der Waals surface area contributed by atoms with Crippen LogP contribution in [0.2, 0.25) is 0 Å². The van der Waals surface area contributed by atoms with Gasteiger partial charge < -0.3 is 29.6 Å². The van der Waals surface area contributed by atoms with Gasteiger partial charge in [-0.1, -0.05) is 12.1 Å². The number of amides is 2. The summed E-state index contributed by atoms with van der Waals surface area (Å²) in [6.45, 7) is 1.11. The lowest BCUT2D eigenvalue weighted by molar-refractivity contribution is 0.0948. The minimum absolute atomic E-state index is 0.208. The van der Waals surface area contributed by atoms with Crippen LogP contribution in [0.3, 0.4) is 0 Å². The number of carbonyl (C=O) groups excluding carboxylic acids is 2. The highest BCUT2D eigenvalue weighted by atomic mass is 32.1. The Labute approximate surface area is 181 Å². The first kappa shape index (κ1) is 19.3. The highest BCUT2D eigenvalue weighted by Gasteiger charge is 2.17. The molecule has 3 heterocycles. The molecule has 0 unspecified atom stereocenters. The third kappa shape index (κ3) is 4.13. The number of rotatable bonds is 6. The van der Waals surface area contributed by atoms with Crippen molar-refractivity contribution in [2.75, 3.05) is 13.6 Å². The summed E-state index contributed by atoms with van der Waals surface area (Å²) in [5.74, 6) is 2.26. The van der Waals surface area contributed by atoms with Gasteiger partial charge in [0.2, 0.25) is 13.6 Å². The van der Waals surface area contributed by atoms with Gasteiger partial charge in [-0.15, -0.1) is 11.3 Å². The van der Waals surface area contributed by atoms with E-state index in [1.165, 1.54) is 0 Å². The number of nitrogens with one attached hydrogen (secondary N) is 2. The van der Waals surface area contributed by atoms with Crippen molar-refractivity contribution in [1.82, 2.24) is 10.6 Å². The largest absolute Gasteiger partial charge is 0.454 e. The maximum Gasteiger partial charge on any atom is 0.261 e. The summed E-state index contributed by atoms with van der Waals surface area (Å²) in [6, 6.07) is 14.4. The van der Waals surface area contributed by atoms with Crippen LogP contribution in [0, 0.1) is 0 Å². The number of hydrogen-bond acceptors (Lipinski definition) is 7. The number of benzene rings is 2. The van der Waals surface area contributed by atoms with Gasteiger partial charge in [-0.05, 0) is 47.5 Å². The second-order valence-electron chi connectivity index (χ2n) is 6.90. The molecule has 2 aromatic carbocycles. The normalized spacial score (nSPS) is 13.2. The molecular weight excluding hydrogens is 420 g/mol. The summed E-state index contributed by atoms with van der Waals surface area (Å²) in [7, 11) is 0. The number of thiophene rings is 1. The molecule has 0 fully saturated rings. The van der Waals surface area contributed by atoms with Gasteiger partial charge in [0.1, 0.15) is 0 Å². The number of hydrogen-bond donors (Lipinski definition) is 2. The molecular formula is C22H18N2O6S. The Morgan fingerprint density at radius 3 is 1.61 bits per heavy atom. The predicted molar refractivity (Wildman–Crippen MR) is 112 cm³/mol. The maximum absolute atomic E-state index is 12.5. The zero-order valence-corrected chi connectivity index (χ0v) is 17.1. The second kappa shape index (κ2) is 8.19. The van der Waals surface area contributed by atoms with E-state index in [1.807, 2.05) is 36.4 Å². The van der Waals surface area contributed by atoms with Gasteiger partial charge in [0.15, 0.2) is 23.0 Å². The van der Waals surface area contributed by atoms with E-state index in [-0.39, 0.29) is 25.4 Å². The van der Waals surface area contributed by atoms with Crippen LogP contribution in [-0.2, 0) is 13.1 Å². The molecule has 1 aromatic heterocycles. The lowest BCUT2D eigenvalue weighted by atomic mass is 10.2. The molecule has 0 saturated heterocycles. The monoisotopic (exact) mass is 438 g/mol. The highest BCUT2D eigenvalue weighted by Crippen LogP contribution is 2.33. The average molecular weight is 438 g/mol. The maximum atomic E-state index is 12.5. The smallest absolute Gasteiger partial charge is 0.261 e. The molecule has 2 N–H and O–H groups in total. The van der Waals surface area contributed by atoms with E-state index >= 15 is 0 Å². The fourth-order valence-electron chi connectivity index (χ4n) is 3.22. The van der Waals surface area contributed by atoms with Gasteiger partial charge in [-0.25, -0.2) is 0 Å². The standard InChI is InChI=1S/C22H18N2O6S/c25-21(23-9-13-1-3-15-17(7-13)29-11-27-15)19-5-6-20(31-19)22(26)24-10-14-2-4-16-18(8-14)30-12-28-16/h1-8H,9-12H2,(H,23,25)(H,24,26). The topological polar surface area (TPSA) is 95.1 Å². The lowest BCUT2D eigenvalue weighted by Gasteiger charge is -2.06. The number of fused-ring (bicyclic) bond motifs is 2. The van der Waals surface area contributed by atoms with Gasteiger partial charge in [0.05, 0.1) is 9.75 Å². The molecule has 31 heavy (non-hydrogen) atoms. The van der Waals surface area contributed by atoms with Crippen LogP contribution in [0.4, 0.5) is 0 Å². The fraction of sp³-hybridized carbons (Fsp3) is 0.182. The van der Waals surface area contributed by atoms with Gasteiger partial charge in [0.25, 0.3) is 11.8 Å². The fourth-order valence-corrected chi connectivity index (χ4v) is 4.06. The second-order valence-corrected chi connectivity index (χ2v) is 7.99. The first-order chi connectivity index (χ1) is 15.2. The lowest BCUT2D eigenvalue weighted by Crippen LogP contribution is -2.22. The van der Waals surface area contributed by atoms with Crippen molar-refractivity contribution in [2.24, 2.45) is 0 Å². The summed E-state index contributed by atoms with van der Waals surface area (Å²) in [5, 5.41) is 5.72. The van der Waals surface area contributed by atoms with E-state index in [4.69, 9.17) is 18.9 Å². The average Bonchev–Trinajstić information content (AvgIpc) is 3.55. The molecule has 2 aliphatic heterocycles. The molecule has 2 amide bonds. The van der Waals surface area contributed by atoms with Crippen LogP contribution in [0.5, 0.6) is 23.0 Å². The van der Waals surface area contributed by atoms with Gasteiger partial charge in [-0.3, -0.25) is 9.59 Å². The van der Waals surface area contributed by atoms with Crippen LogP contribution in [0.25, 0.3) is 0 Å². The van der Waals surface area contributed by atoms with E-state index in [0.29, 0.717) is 45.8 Å². The molecule has 0 spiro atoms. The molecule has 0 radical (unpaired) electrons. The Balaban J connectivity index is 1.15. The number of ether oxygens (including phenoxy) is 4. The Hall–Kier alpha value is -3.72. The molecule has 158 valence electrons. The molecule has 9 heteroatoms. The van der Waals surface area contributed by atoms with Gasteiger partial charge in [0, 0.05) is 13.1 Å². The van der Waals surface area contributed by atoms with E-state index in [1.54, 1.807) is 12.1 Å². The molecule has 2 aliphatic rings. The third-order valence-electron chi connectivity index (χ3n) is 4.83. The summed E-state index contributed by atoms with van der Waals surface area (Å²) in [4.78, 5) is 25.9. The number of carbonyl (C=O) groups is 2. The molecule has 0 aliphatic carbocycles. The third-order valence-corrected chi connectivity index (χ3v) is 5.92. The van der Waals surface area contributed by atoms with Crippen molar-refractivity contribution < 1.29 is 28.5 Å². The molecule has 8 nitrogen and oxygen atoms in total. The zero-order chi connectivity index (χ0) is 21.2. The van der Waals surface area contributed by atoms with E-state index in [2.05, 4.69) is 10.6 Å². The molecule has 0 saturated carbocycles. The van der Waals surface area contributed by atoms with E-state index in [9.17, 15) is 9.59 Å². The van der Waals surface area contributed by atoms with Crippen molar-refractivity contribution in [3.63, 3.8) is 0 Å². The van der Waals surface area contributed by atoms with Gasteiger partial charge >= 0.3 is 0 Å². The first-order valence-corrected chi connectivity index (χ1v) is 10.4. The molecule has 0 atom stereocenters. The quantitative estimate of drug-likeness (QED) is 0.614. The molecule has 5 rings (SSSR count). The van der Waals surface area contributed by atoms with Crippen molar-refractivity contribution in [2.45, 2.75) is 13.1 Å². The summed E-state index contributed by atoms with van der Waals surface area (Å²) < 4.78 is 21.3. The SMILES string of the molecule is O=C(NCc1ccc2c(c1)OCO2)c1ccc(C(=O)NCc2ccc3c(c2)OCO3)s1. The summed E-state index contributed by atoms with van der Waals surface area (Å²) in [5.41, 5.74) is 1.80. The Bertz CT molecular complexity index is 1070. The van der Waals surface area contributed by atoms with Crippen LogP contribution in [0.15, 0.2) is 48.5 Å². The molecule has 3 aromatic rings. The highest BCUT2D eigenvalue weighted by molar-refractivity contribution is 7.15. The van der Waals surface area contributed by atoms with Crippen molar-refractivity contribution >= 4 is 23.2 Å². The van der Waals surface area contributed by atoms with Crippen LogP contribution in [0.1, 0.15) is 30.5 Å². The minimum atomic E-state index is -0.238. The van der Waals surface area contributed by atoms with Crippen molar-refractivity contribution in [3.05, 3.63) is 69.4 Å². The minimum Gasteiger partial charge on any atom is -0.454 e. The Morgan fingerprint density at radius 2 is 1.13 bits per heavy atom. The summed E-state index contributed by atoms with van der Waals surface area (Å²) >= 11 is 1.15. The Kier molecular flexibility index (Phi) is 5.09. The zero-order valence-electron chi connectivity index (χ0n) is 16.3. The van der Waals surface area contributed by atoms with Crippen LogP contribution < -0.4 is 29.6 Å². The van der Waals surface area contributed by atoms with Crippen molar-refractivity contribution in [3.8, 4) is 23.0 Å². The Morgan fingerprint density at radius 1 is 0.677 bits per heavy atom. The predicted octanol–water partition coefficient (Wildman–Crippen LogP) is 3.07. The van der Waals surface area contributed by atoms with Crippen LogP contribution >= 0.6 is 11.3 Å². The van der Waals surface area contributed by atoms with Gasteiger partial charge in [-0.2, -0.15) is 0 Å². The molecule has 0 bridgehead atoms. The van der Waals surface area contributed by atoms with Crippen molar-refractivity contribution in [1.29, 1.82) is 0 Å².